The molecule has 2 aromatic heterocycles. The van der Waals surface area contributed by atoms with Gasteiger partial charge in [0.1, 0.15) is 0 Å². The van der Waals surface area contributed by atoms with Crippen LogP contribution in [0.5, 0.6) is 0 Å². The molecule has 1 saturated carbocycles. The normalized spacial score (nSPS) is 18.0. The van der Waals surface area contributed by atoms with Crippen molar-refractivity contribution in [2.45, 2.75) is 38.1 Å². The SMILES string of the molecule is Cc1cccc2nc(NCC3(N(C)C)CCCC3)nn12. The third-order valence-electron chi connectivity index (χ3n) is 4.61. The van der Waals surface area contributed by atoms with E-state index in [1.165, 1.54) is 25.7 Å². The lowest BCUT2D eigenvalue weighted by Gasteiger charge is -2.36. The lowest BCUT2D eigenvalue weighted by atomic mass is 9.96. The summed E-state index contributed by atoms with van der Waals surface area (Å²) in [6.45, 7) is 2.96. The molecular weight excluding hydrogens is 250 g/mol. The molecule has 0 radical (unpaired) electrons. The Morgan fingerprint density at radius 1 is 1.30 bits per heavy atom. The maximum atomic E-state index is 4.55. The second-order valence-electron chi connectivity index (χ2n) is 6.05. The summed E-state index contributed by atoms with van der Waals surface area (Å²) in [6, 6.07) is 6.05. The van der Waals surface area contributed by atoms with Crippen LogP contribution in [0.15, 0.2) is 18.2 Å². The Bertz CT molecular complexity index is 595. The molecule has 1 aliphatic carbocycles. The maximum absolute atomic E-state index is 4.55. The fourth-order valence-corrected chi connectivity index (χ4v) is 3.17. The van der Waals surface area contributed by atoms with Crippen LogP contribution >= 0.6 is 0 Å². The number of aryl methyl sites for hydroxylation is 1. The quantitative estimate of drug-likeness (QED) is 0.928. The first-order chi connectivity index (χ1) is 9.61. The molecule has 0 bridgehead atoms. The fraction of sp³-hybridized carbons (Fsp3) is 0.600. The minimum absolute atomic E-state index is 0.256. The summed E-state index contributed by atoms with van der Waals surface area (Å²) in [5, 5.41) is 7.98. The highest BCUT2D eigenvalue weighted by Crippen LogP contribution is 2.33. The Morgan fingerprint density at radius 3 is 2.70 bits per heavy atom. The average Bonchev–Trinajstić information content (AvgIpc) is 3.04. The van der Waals surface area contributed by atoms with Crippen LogP contribution in [0.3, 0.4) is 0 Å². The Morgan fingerprint density at radius 2 is 2.05 bits per heavy atom. The molecule has 5 nitrogen and oxygen atoms in total. The van der Waals surface area contributed by atoms with Crippen molar-refractivity contribution in [1.82, 2.24) is 19.5 Å². The summed E-state index contributed by atoms with van der Waals surface area (Å²) >= 11 is 0. The van der Waals surface area contributed by atoms with Gasteiger partial charge in [-0.1, -0.05) is 18.9 Å². The van der Waals surface area contributed by atoms with E-state index in [-0.39, 0.29) is 5.54 Å². The standard InChI is InChI=1S/C15H23N5/c1-12-7-6-8-13-17-14(18-20(12)13)16-11-15(19(2)3)9-4-5-10-15/h6-8H,4-5,9-11H2,1-3H3,(H,16,18). The third-order valence-corrected chi connectivity index (χ3v) is 4.61. The highest BCUT2D eigenvalue weighted by atomic mass is 15.4. The molecule has 0 aromatic carbocycles. The summed E-state index contributed by atoms with van der Waals surface area (Å²) in [4.78, 5) is 6.90. The van der Waals surface area contributed by atoms with E-state index >= 15 is 0 Å². The second kappa shape index (κ2) is 5.05. The first-order valence-corrected chi connectivity index (χ1v) is 7.34. The van der Waals surface area contributed by atoms with Crippen LogP contribution in [0.1, 0.15) is 31.4 Å². The number of aromatic nitrogens is 3. The second-order valence-corrected chi connectivity index (χ2v) is 6.05. The van der Waals surface area contributed by atoms with Crippen molar-refractivity contribution in [2.75, 3.05) is 26.0 Å². The lowest BCUT2D eigenvalue weighted by Crippen LogP contribution is -2.47. The van der Waals surface area contributed by atoms with E-state index in [1.807, 2.05) is 29.6 Å². The Labute approximate surface area is 120 Å². The number of nitrogens with zero attached hydrogens (tertiary/aromatic N) is 4. The van der Waals surface area contributed by atoms with Gasteiger partial charge < -0.3 is 10.2 Å². The first kappa shape index (κ1) is 13.4. The average molecular weight is 273 g/mol. The molecular formula is C15H23N5. The molecule has 108 valence electrons. The molecule has 0 atom stereocenters. The van der Waals surface area contributed by atoms with Gasteiger partial charge in [0, 0.05) is 17.8 Å². The van der Waals surface area contributed by atoms with Crippen LogP contribution in [-0.4, -0.2) is 45.7 Å². The largest absolute Gasteiger partial charge is 0.351 e. The van der Waals surface area contributed by atoms with Gasteiger partial charge >= 0.3 is 0 Å². The van der Waals surface area contributed by atoms with E-state index in [1.54, 1.807) is 0 Å². The summed E-state index contributed by atoms with van der Waals surface area (Å²) in [6.07, 6.45) is 5.13. The van der Waals surface area contributed by atoms with Crippen LogP contribution in [0.4, 0.5) is 5.95 Å². The van der Waals surface area contributed by atoms with Gasteiger partial charge in [0.2, 0.25) is 5.95 Å². The number of hydrogen-bond donors (Lipinski definition) is 1. The zero-order valence-electron chi connectivity index (χ0n) is 12.6. The molecule has 0 aliphatic heterocycles. The van der Waals surface area contributed by atoms with Crippen LogP contribution in [-0.2, 0) is 0 Å². The van der Waals surface area contributed by atoms with Gasteiger partial charge in [-0.15, -0.1) is 5.10 Å². The molecule has 1 aliphatic rings. The molecule has 20 heavy (non-hydrogen) atoms. The Balaban J connectivity index is 1.78. The number of anilines is 1. The predicted octanol–water partition coefficient (Wildman–Crippen LogP) is 2.32. The van der Waals surface area contributed by atoms with Gasteiger partial charge in [0.05, 0.1) is 0 Å². The van der Waals surface area contributed by atoms with Crippen molar-refractivity contribution in [3.63, 3.8) is 0 Å². The van der Waals surface area contributed by atoms with Gasteiger partial charge in [0.15, 0.2) is 5.65 Å². The van der Waals surface area contributed by atoms with E-state index in [2.05, 4.69) is 34.4 Å². The van der Waals surface area contributed by atoms with Gasteiger partial charge in [-0.25, -0.2) is 4.52 Å². The zero-order chi connectivity index (χ0) is 14.2. The fourth-order valence-electron chi connectivity index (χ4n) is 3.17. The minimum Gasteiger partial charge on any atom is -0.351 e. The summed E-state index contributed by atoms with van der Waals surface area (Å²) in [5.74, 6) is 0.729. The number of pyridine rings is 1. The Hall–Kier alpha value is -1.62. The predicted molar refractivity (Wildman–Crippen MR) is 81.1 cm³/mol. The molecule has 0 saturated heterocycles. The molecule has 3 rings (SSSR count). The molecule has 1 N–H and O–H groups in total. The molecule has 0 unspecified atom stereocenters. The number of fused-ring (bicyclic) bond motifs is 1. The van der Waals surface area contributed by atoms with E-state index in [0.29, 0.717) is 0 Å². The number of nitrogens with one attached hydrogen (secondary N) is 1. The van der Waals surface area contributed by atoms with Gasteiger partial charge in [-0.3, -0.25) is 0 Å². The third kappa shape index (κ3) is 2.26. The molecule has 2 aromatic rings. The highest BCUT2D eigenvalue weighted by Gasteiger charge is 2.35. The first-order valence-electron chi connectivity index (χ1n) is 7.34. The van der Waals surface area contributed by atoms with Crippen LogP contribution in [0, 0.1) is 6.92 Å². The van der Waals surface area contributed by atoms with Crippen LogP contribution in [0.2, 0.25) is 0 Å². The van der Waals surface area contributed by atoms with Crippen molar-refractivity contribution in [3.8, 4) is 0 Å². The van der Waals surface area contributed by atoms with Crippen molar-refractivity contribution in [3.05, 3.63) is 23.9 Å². The summed E-state index contributed by atoms with van der Waals surface area (Å²) in [5.41, 5.74) is 2.26. The van der Waals surface area contributed by atoms with Crippen molar-refractivity contribution < 1.29 is 0 Å². The minimum atomic E-state index is 0.256. The van der Waals surface area contributed by atoms with Gasteiger partial charge in [0.25, 0.3) is 0 Å². The molecule has 2 heterocycles. The monoisotopic (exact) mass is 273 g/mol. The summed E-state index contributed by atoms with van der Waals surface area (Å²) in [7, 11) is 4.35. The van der Waals surface area contributed by atoms with Gasteiger partial charge in [-0.05, 0) is 46.0 Å². The van der Waals surface area contributed by atoms with E-state index < -0.39 is 0 Å². The zero-order valence-corrected chi connectivity index (χ0v) is 12.6. The maximum Gasteiger partial charge on any atom is 0.243 e. The van der Waals surface area contributed by atoms with Crippen LogP contribution in [0.25, 0.3) is 5.65 Å². The highest BCUT2D eigenvalue weighted by molar-refractivity contribution is 5.44. The van der Waals surface area contributed by atoms with Crippen molar-refractivity contribution in [1.29, 1.82) is 0 Å². The number of hydrogen-bond acceptors (Lipinski definition) is 4. The topological polar surface area (TPSA) is 45.5 Å². The molecule has 0 spiro atoms. The van der Waals surface area contributed by atoms with E-state index in [9.17, 15) is 0 Å². The lowest BCUT2D eigenvalue weighted by molar-refractivity contribution is 0.172. The number of likely N-dealkylation sites (N-methyl/N-ethyl adjacent to an activating group) is 1. The molecule has 5 heteroatoms. The summed E-state index contributed by atoms with van der Waals surface area (Å²) < 4.78 is 1.89. The van der Waals surface area contributed by atoms with Crippen molar-refractivity contribution in [2.24, 2.45) is 0 Å². The van der Waals surface area contributed by atoms with E-state index in [0.717, 1.165) is 23.8 Å². The molecule has 0 amide bonds. The van der Waals surface area contributed by atoms with Crippen LogP contribution < -0.4 is 5.32 Å². The smallest absolute Gasteiger partial charge is 0.243 e. The molecule has 1 fully saturated rings. The Kier molecular flexibility index (Phi) is 3.38. The number of rotatable bonds is 4. The van der Waals surface area contributed by atoms with E-state index in [4.69, 9.17) is 0 Å². The van der Waals surface area contributed by atoms with Gasteiger partial charge in [-0.2, -0.15) is 4.98 Å². The van der Waals surface area contributed by atoms with Crippen molar-refractivity contribution >= 4 is 11.6 Å².